The van der Waals surface area contributed by atoms with Gasteiger partial charge < -0.3 is 5.32 Å². The van der Waals surface area contributed by atoms with Crippen molar-refractivity contribution in [1.29, 1.82) is 0 Å². The maximum atomic E-state index is 11.1. The van der Waals surface area contributed by atoms with E-state index in [1.165, 1.54) is 12.8 Å². The van der Waals surface area contributed by atoms with E-state index in [4.69, 9.17) is 0 Å². The maximum absolute atomic E-state index is 11.1. The van der Waals surface area contributed by atoms with Crippen molar-refractivity contribution < 1.29 is 4.92 Å². The number of halogens is 1. The lowest BCUT2D eigenvalue weighted by molar-refractivity contribution is -0.385. The van der Waals surface area contributed by atoms with Crippen molar-refractivity contribution in [3.63, 3.8) is 0 Å². The Hall–Kier alpha value is -0.980. The number of rotatable bonds is 4. The number of piperazine rings is 1. The van der Waals surface area contributed by atoms with Gasteiger partial charge in [-0.1, -0.05) is 6.07 Å². The number of nitrogens with one attached hydrogen (secondary N) is 1. The second-order valence-electron chi connectivity index (χ2n) is 5.54. The van der Waals surface area contributed by atoms with Gasteiger partial charge in [0.1, 0.15) is 0 Å². The fraction of sp³-hybridized carbons (Fsp3) is 0.571. The summed E-state index contributed by atoms with van der Waals surface area (Å²) in [5.41, 5.74) is 1.26. The van der Waals surface area contributed by atoms with Gasteiger partial charge in [0, 0.05) is 38.3 Å². The minimum absolute atomic E-state index is 0.170. The number of nitro benzene ring substituents is 1. The molecule has 0 aromatic heterocycles. The van der Waals surface area contributed by atoms with Crippen LogP contribution in [0, 0.1) is 16.0 Å². The van der Waals surface area contributed by atoms with Crippen LogP contribution >= 0.6 is 15.9 Å². The molecule has 6 heteroatoms. The molecular weight excluding hydrogens is 322 g/mol. The zero-order valence-corrected chi connectivity index (χ0v) is 12.8. The summed E-state index contributed by atoms with van der Waals surface area (Å²) in [6.45, 7) is 4.04. The molecule has 108 valence electrons. The number of hydrogen-bond donors (Lipinski definition) is 1. The molecule has 1 atom stereocenters. The fourth-order valence-corrected chi connectivity index (χ4v) is 3.40. The molecule has 2 fully saturated rings. The van der Waals surface area contributed by atoms with Crippen molar-refractivity contribution in [2.45, 2.75) is 18.9 Å². The summed E-state index contributed by atoms with van der Waals surface area (Å²) >= 11 is 3.26. The molecule has 1 aliphatic heterocycles. The molecule has 1 aromatic rings. The van der Waals surface area contributed by atoms with Gasteiger partial charge in [0.05, 0.1) is 9.40 Å². The predicted molar refractivity (Wildman–Crippen MR) is 80.7 cm³/mol. The number of hydrogen-bond acceptors (Lipinski definition) is 4. The monoisotopic (exact) mass is 339 g/mol. The van der Waals surface area contributed by atoms with Crippen molar-refractivity contribution >= 4 is 21.6 Å². The molecule has 0 bridgehead atoms. The molecule has 0 spiro atoms. The highest BCUT2D eigenvalue weighted by molar-refractivity contribution is 9.10. The van der Waals surface area contributed by atoms with Crippen molar-refractivity contribution in [2.24, 2.45) is 5.92 Å². The minimum Gasteiger partial charge on any atom is -0.314 e. The number of benzene rings is 1. The summed E-state index contributed by atoms with van der Waals surface area (Å²) in [5.74, 6) is 0.661. The third kappa shape index (κ3) is 2.87. The van der Waals surface area contributed by atoms with Crippen LogP contribution in [0.25, 0.3) is 0 Å². The average Bonchev–Trinajstić information content (AvgIpc) is 3.26. The van der Waals surface area contributed by atoms with Crippen LogP contribution in [0.3, 0.4) is 0 Å². The van der Waals surface area contributed by atoms with E-state index < -0.39 is 0 Å². The normalized spacial score (nSPS) is 21.6. The molecule has 1 aromatic carbocycles. The zero-order chi connectivity index (χ0) is 14.1. The zero-order valence-electron chi connectivity index (χ0n) is 11.2. The summed E-state index contributed by atoms with van der Waals surface area (Å²) in [4.78, 5) is 13.3. The Kier molecular flexibility index (Phi) is 4.05. The van der Waals surface area contributed by atoms with Crippen molar-refractivity contribution in [1.82, 2.24) is 10.2 Å². The topological polar surface area (TPSA) is 58.4 Å². The van der Waals surface area contributed by atoms with E-state index in [9.17, 15) is 10.1 Å². The summed E-state index contributed by atoms with van der Waals surface area (Å²) in [6, 6.07) is 5.92. The highest BCUT2D eigenvalue weighted by atomic mass is 79.9. The van der Waals surface area contributed by atoms with Gasteiger partial charge in [0.2, 0.25) is 0 Å². The van der Waals surface area contributed by atoms with Crippen LogP contribution in [0.5, 0.6) is 0 Å². The second kappa shape index (κ2) is 5.79. The fourth-order valence-electron chi connectivity index (χ4n) is 3.01. The Bertz CT molecular complexity index is 513. The molecule has 1 aliphatic carbocycles. The van der Waals surface area contributed by atoms with E-state index in [1.807, 2.05) is 12.1 Å². The maximum Gasteiger partial charge on any atom is 0.283 e. The van der Waals surface area contributed by atoms with E-state index in [0.29, 0.717) is 16.4 Å². The van der Waals surface area contributed by atoms with E-state index in [0.717, 1.165) is 31.7 Å². The molecule has 2 aliphatic rings. The van der Waals surface area contributed by atoms with Gasteiger partial charge in [-0.2, -0.15) is 0 Å². The molecule has 20 heavy (non-hydrogen) atoms. The van der Waals surface area contributed by atoms with Gasteiger partial charge in [-0.15, -0.1) is 0 Å². The van der Waals surface area contributed by atoms with Crippen LogP contribution < -0.4 is 5.32 Å². The second-order valence-corrected chi connectivity index (χ2v) is 6.39. The quantitative estimate of drug-likeness (QED) is 0.676. The van der Waals surface area contributed by atoms with Gasteiger partial charge in [-0.05, 0) is 46.3 Å². The van der Waals surface area contributed by atoms with Gasteiger partial charge in [0.25, 0.3) is 5.69 Å². The Morgan fingerprint density at radius 3 is 2.65 bits per heavy atom. The van der Waals surface area contributed by atoms with E-state index in [2.05, 4.69) is 26.1 Å². The first-order chi connectivity index (χ1) is 9.66. The lowest BCUT2D eigenvalue weighted by Gasteiger charge is -2.35. The standard InChI is InChI=1S/C14H18BrN3O2/c15-12-4-3-11(9-13(12)18(19)20)14(10-1-2-10)17-7-5-16-6-8-17/h3-4,9-10,14,16H,1-2,5-8H2/t14-/m0/s1. The largest absolute Gasteiger partial charge is 0.314 e. The Balaban J connectivity index is 1.91. The average molecular weight is 340 g/mol. The smallest absolute Gasteiger partial charge is 0.283 e. The molecule has 3 rings (SSSR count). The van der Waals surface area contributed by atoms with Crippen LogP contribution in [0.1, 0.15) is 24.4 Å². The number of nitro groups is 1. The lowest BCUT2D eigenvalue weighted by atomic mass is 9.99. The van der Waals surface area contributed by atoms with Crippen LogP contribution in [0.2, 0.25) is 0 Å². The minimum atomic E-state index is -0.310. The van der Waals surface area contributed by atoms with E-state index in [1.54, 1.807) is 6.07 Å². The van der Waals surface area contributed by atoms with Crippen LogP contribution in [0.15, 0.2) is 22.7 Å². The van der Waals surface area contributed by atoms with E-state index >= 15 is 0 Å². The molecule has 1 saturated carbocycles. The third-order valence-corrected chi connectivity index (χ3v) is 4.79. The first-order valence-corrected chi connectivity index (χ1v) is 7.85. The summed E-state index contributed by atoms with van der Waals surface area (Å²) < 4.78 is 0.557. The Morgan fingerprint density at radius 2 is 2.05 bits per heavy atom. The first kappa shape index (κ1) is 14.0. The molecular formula is C14H18BrN3O2. The first-order valence-electron chi connectivity index (χ1n) is 7.05. The van der Waals surface area contributed by atoms with Crippen LogP contribution in [-0.2, 0) is 0 Å². The molecule has 1 heterocycles. The Morgan fingerprint density at radius 1 is 1.35 bits per heavy atom. The summed E-state index contributed by atoms with van der Waals surface area (Å²) in [7, 11) is 0. The summed E-state index contributed by atoms with van der Waals surface area (Å²) in [6.07, 6.45) is 2.47. The van der Waals surface area contributed by atoms with Crippen molar-refractivity contribution in [2.75, 3.05) is 26.2 Å². The summed E-state index contributed by atoms with van der Waals surface area (Å²) in [5, 5.41) is 14.5. The van der Waals surface area contributed by atoms with E-state index in [-0.39, 0.29) is 10.6 Å². The predicted octanol–water partition coefficient (Wildman–Crippen LogP) is 2.71. The van der Waals surface area contributed by atoms with Gasteiger partial charge in [0.15, 0.2) is 0 Å². The molecule has 0 radical (unpaired) electrons. The van der Waals surface area contributed by atoms with Gasteiger partial charge in [-0.25, -0.2) is 0 Å². The number of nitrogens with zero attached hydrogens (tertiary/aromatic N) is 2. The van der Waals surface area contributed by atoms with Gasteiger partial charge in [-0.3, -0.25) is 15.0 Å². The van der Waals surface area contributed by atoms with Gasteiger partial charge >= 0.3 is 0 Å². The third-order valence-electron chi connectivity index (χ3n) is 4.12. The van der Waals surface area contributed by atoms with Crippen molar-refractivity contribution in [3.05, 3.63) is 38.3 Å². The lowest BCUT2D eigenvalue weighted by Crippen LogP contribution is -2.45. The van der Waals surface area contributed by atoms with Crippen molar-refractivity contribution in [3.8, 4) is 0 Å². The highest BCUT2D eigenvalue weighted by Gasteiger charge is 2.37. The molecule has 5 nitrogen and oxygen atoms in total. The molecule has 1 N–H and O–H groups in total. The Labute approximate surface area is 126 Å². The molecule has 1 saturated heterocycles. The van der Waals surface area contributed by atoms with Crippen LogP contribution in [-0.4, -0.2) is 36.0 Å². The van der Waals surface area contributed by atoms with Crippen LogP contribution in [0.4, 0.5) is 5.69 Å². The molecule has 0 amide bonds. The highest BCUT2D eigenvalue weighted by Crippen LogP contribution is 2.45. The molecule has 0 unspecified atom stereocenters. The SMILES string of the molecule is O=[N+]([O-])c1cc([C@H](C2CC2)N2CCNCC2)ccc1Br.